The Hall–Kier alpha value is -2.46. The fourth-order valence-corrected chi connectivity index (χ4v) is 6.04. The number of hydrogen-bond donors (Lipinski definition) is 0. The lowest BCUT2D eigenvalue weighted by Gasteiger charge is -2.20. The first-order valence-corrected chi connectivity index (χ1v) is 11.6. The van der Waals surface area contributed by atoms with E-state index in [2.05, 4.69) is 21.6 Å². The zero-order valence-corrected chi connectivity index (χ0v) is 17.5. The summed E-state index contributed by atoms with van der Waals surface area (Å²) in [6, 6.07) is 8.39. The van der Waals surface area contributed by atoms with Gasteiger partial charge in [0.1, 0.15) is 0 Å². The first-order chi connectivity index (χ1) is 14.7. The van der Waals surface area contributed by atoms with Gasteiger partial charge >= 0.3 is 0 Å². The predicted octanol–water partition coefficient (Wildman–Crippen LogP) is 4.93. The number of rotatable bonds is 3. The first kappa shape index (κ1) is 18.3. The molecule has 154 valence electrons. The lowest BCUT2D eigenvalue weighted by Crippen LogP contribution is -2.28. The molecule has 30 heavy (non-hydrogen) atoms. The zero-order valence-electron chi connectivity index (χ0n) is 17.5. The number of fused-ring (bicyclic) bond motifs is 7. The van der Waals surface area contributed by atoms with Crippen LogP contribution in [0.3, 0.4) is 0 Å². The molecule has 0 amide bonds. The Morgan fingerprint density at radius 2 is 1.17 bits per heavy atom. The topological polar surface area (TPSA) is 42.3 Å². The molecule has 2 aromatic carbocycles. The molecule has 0 saturated carbocycles. The Morgan fingerprint density at radius 3 is 1.70 bits per heavy atom. The molecule has 0 unspecified atom stereocenters. The minimum Gasteiger partial charge on any atom is -0.339 e. The van der Waals surface area contributed by atoms with E-state index >= 15 is 0 Å². The van der Waals surface area contributed by atoms with Gasteiger partial charge in [-0.15, -0.1) is 0 Å². The number of carbonyl (C=O) groups is 2. The smallest absolute Gasteiger partial charge is 0.163 e. The van der Waals surface area contributed by atoms with E-state index in [-0.39, 0.29) is 11.6 Å². The number of carbonyl (C=O) groups excluding carboxylic acids is 2. The second-order valence-electron chi connectivity index (χ2n) is 9.23. The predicted molar refractivity (Wildman–Crippen MR) is 120 cm³/mol. The second-order valence-corrected chi connectivity index (χ2v) is 9.23. The van der Waals surface area contributed by atoms with Crippen LogP contribution < -0.4 is 0 Å². The van der Waals surface area contributed by atoms with E-state index in [4.69, 9.17) is 0 Å². The molecule has 2 heterocycles. The molecule has 0 bridgehead atoms. The number of hydrogen-bond acceptors (Lipinski definition) is 3. The number of likely N-dealkylation sites (tertiary alicyclic amines) is 1. The molecule has 4 nitrogen and oxygen atoms in total. The number of nitrogens with zero attached hydrogens (tertiary/aromatic N) is 2. The highest BCUT2D eigenvalue weighted by atomic mass is 16.1. The maximum absolute atomic E-state index is 12.4. The van der Waals surface area contributed by atoms with Crippen LogP contribution in [0, 0.1) is 0 Å². The van der Waals surface area contributed by atoms with Crippen molar-refractivity contribution in [2.75, 3.05) is 19.6 Å². The molecule has 0 N–H and O–H groups in total. The largest absolute Gasteiger partial charge is 0.339 e. The molecule has 6 rings (SSSR count). The molecule has 0 radical (unpaired) electrons. The average molecular weight is 401 g/mol. The SMILES string of the molecule is O=C1CCc2c1ccc1c2c2c3c(ccc2n1CCN1CCCCCC1)C(=O)CC3. The minimum atomic E-state index is 0.265. The van der Waals surface area contributed by atoms with E-state index in [1.54, 1.807) is 0 Å². The highest BCUT2D eigenvalue weighted by Crippen LogP contribution is 2.41. The Bertz CT molecular complexity index is 1110. The maximum atomic E-state index is 12.4. The van der Waals surface area contributed by atoms with Gasteiger partial charge in [0.2, 0.25) is 0 Å². The summed E-state index contributed by atoms with van der Waals surface area (Å²) in [5, 5.41) is 2.49. The third-order valence-electron chi connectivity index (χ3n) is 7.56. The molecule has 3 aliphatic rings. The van der Waals surface area contributed by atoms with Gasteiger partial charge in [-0.25, -0.2) is 0 Å². The van der Waals surface area contributed by atoms with Crippen molar-refractivity contribution >= 4 is 33.4 Å². The summed E-state index contributed by atoms with van der Waals surface area (Å²) in [6.45, 7) is 4.42. The van der Waals surface area contributed by atoms with Crippen LogP contribution >= 0.6 is 0 Å². The Kier molecular flexibility index (Phi) is 4.31. The number of Topliss-reactive ketones (excluding diaryl/α,β-unsaturated/α-hetero) is 2. The van der Waals surface area contributed by atoms with Crippen LogP contribution in [0.15, 0.2) is 24.3 Å². The number of aromatic nitrogens is 1. The van der Waals surface area contributed by atoms with Crippen molar-refractivity contribution in [3.05, 3.63) is 46.5 Å². The summed E-state index contributed by atoms with van der Waals surface area (Å²) in [7, 11) is 0. The van der Waals surface area contributed by atoms with Crippen molar-refractivity contribution in [2.45, 2.75) is 57.9 Å². The maximum Gasteiger partial charge on any atom is 0.163 e. The normalized spacial score (nSPS) is 19.6. The molecule has 2 aliphatic carbocycles. The Morgan fingerprint density at radius 1 is 0.633 bits per heavy atom. The van der Waals surface area contributed by atoms with Crippen LogP contribution in [0.1, 0.15) is 70.4 Å². The van der Waals surface area contributed by atoms with Gasteiger partial charge in [0.25, 0.3) is 0 Å². The summed E-state index contributed by atoms with van der Waals surface area (Å²) in [6.07, 6.45) is 8.20. The van der Waals surface area contributed by atoms with Crippen molar-refractivity contribution in [1.29, 1.82) is 0 Å². The summed E-state index contributed by atoms with van der Waals surface area (Å²) >= 11 is 0. The molecule has 0 spiro atoms. The van der Waals surface area contributed by atoms with E-state index in [0.29, 0.717) is 12.8 Å². The molecule has 0 atom stereocenters. The van der Waals surface area contributed by atoms with Crippen molar-refractivity contribution in [3.8, 4) is 0 Å². The molecular weight excluding hydrogens is 372 g/mol. The number of benzene rings is 2. The molecular formula is C26H28N2O2. The van der Waals surface area contributed by atoms with E-state index < -0.39 is 0 Å². The van der Waals surface area contributed by atoms with Gasteiger partial charge in [-0.1, -0.05) is 12.8 Å². The first-order valence-electron chi connectivity index (χ1n) is 11.6. The average Bonchev–Trinajstić information content (AvgIpc) is 3.33. The standard InChI is InChI=1S/C26H28N2O2/c29-23-11-7-19-17(23)5-9-21-25(19)26-20-8-12-24(30)18(20)6-10-22(26)28(21)16-15-27-13-3-1-2-4-14-27/h5-6,9-10H,1-4,7-8,11-16H2. The van der Waals surface area contributed by atoms with Crippen molar-refractivity contribution < 1.29 is 9.59 Å². The summed E-state index contributed by atoms with van der Waals surface area (Å²) in [5.41, 5.74) is 6.70. The van der Waals surface area contributed by atoms with Gasteiger partial charge < -0.3 is 9.47 Å². The van der Waals surface area contributed by atoms with Crippen molar-refractivity contribution in [1.82, 2.24) is 9.47 Å². The summed E-state index contributed by atoms with van der Waals surface area (Å²) in [4.78, 5) is 27.5. The fourth-order valence-electron chi connectivity index (χ4n) is 6.04. The van der Waals surface area contributed by atoms with Crippen LogP contribution in [0.4, 0.5) is 0 Å². The monoisotopic (exact) mass is 400 g/mol. The molecule has 1 aliphatic heterocycles. The minimum absolute atomic E-state index is 0.265. The number of ketones is 2. The van der Waals surface area contributed by atoms with Gasteiger partial charge in [-0.3, -0.25) is 9.59 Å². The summed E-state index contributed by atoms with van der Waals surface area (Å²) in [5.74, 6) is 0.530. The summed E-state index contributed by atoms with van der Waals surface area (Å²) < 4.78 is 2.46. The van der Waals surface area contributed by atoms with Crippen LogP contribution in [-0.4, -0.2) is 40.7 Å². The fraction of sp³-hybridized carbons (Fsp3) is 0.462. The van der Waals surface area contributed by atoms with Gasteiger partial charge in [0.15, 0.2) is 11.6 Å². The Labute approximate surface area is 176 Å². The third-order valence-corrected chi connectivity index (χ3v) is 7.56. The molecule has 3 aromatic rings. The van der Waals surface area contributed by atoms with E-state index in [1.165, 1.54) is 71.7 Å². The lowest BCUT2D eigenvalue weighted by atomic mass is 9.98. The van der Waals surface area contributed by atoms with Crippen LogP contribution in [0.5, 0.6) is 0 Å². The zero-order chi connectivity index (χ0) is 20.2. The number of aryl methyl sites for hydroxylation is 2. The van der Waals surface area contributed by atoms with Gasteiger partial charge in [0.05, 0.1) is 0 Å². The second kappa shape index (κ2) is 7.05. The Balaban J connectivity index is 1.53. The highest BCUT2D eigenvalue weighted by Gasteiger charge is 2.29. The molecule has 4 heteroatoms. The third kappa shape index (κ3) is 2.70. The lowest BCUT2D eigenvalue weighted by molar-refractivity contribution is 0.0986. The van der Waals surface area contributed by atoms with E-state index in [0.717, 1.165) is 37.1 Å². The molecule has 1 aromatic heterocycles. The van der Waals surface area contributed by atoms with Gasteiger partial charge in [0, 0.05) is 58.9 Å². The van der Waals surface area contributed by atoms with Crippen LogP contribution in [-0.2, 0) is 19.4 Å². The van der Waals surface area contributed by atoms with Gasteiger partial charge in [-0.05, 0) is 74.2 Å². The quantitative estimate of drug-likeness (QED) is 0.626. The van der Waals surface area contributed by atoms with E-state index in [1.807, 2.05) is 12.1 Å². The molecule has 1 saturated heterocycles. The van der Waals surface area contributed by atoms with E-state index in [9.17, 15) is 9.59 Å². The highest BCUT2D eigenvalue weighted by molar-refractivity contribution is 6.18. The van der Waals surface area contributed by atoms with Crippen molar-refractivity contribution in [2.24, 2.45) is 0 Å². The van der Waals surface area contributed by atoms with Gasteiger partial charge in [-0.2, -0.15) is 0 Å². The molecule has 1 fully saturated rings. The van der Waals surface area contributed by atoms with Crippen LogP contribution in [0.25, 0.3) is 21.8 Å². The van der Waals surface area contributed by atoms with Crippen LogP contribution in [0.2, 0.25) is 0 Å². The van der Waals surface area contributed by atoms with Crippen molar-refractivity contribution in [3.63, 3.8) is 0 Å².